The normalized spacial score (nSPS) is 9.79. The van der Waals surface area contributed by atoms with Gasteiger partial charge < -0.3 is 5.11 Å². The van der Waals surface area contributed by atoms with Gasteiger partial charge in [0.15, 0.2) is 0 Å². The molecule has 14 heavy (non-hydrogen) atoms. The molecule has 1 aromatic rings. The topological polar surface area (TPSA) is 37.3 Å². The van der Waals surface area contributed by atoms with E-state index in [2.05, 4.69) is 22.5 Å². The van der Waals surface area contributed by atoms with E-state index in [1.54, 1.807) is 30.0 Å². The first-order valence-corrected chi connectivity index (χ1v) is 5.69. The summed E-state index contributed by atoms with van der Waals surface area (Å²) in [5.41, 5.74) is 0.291. The first-order valence-electron chi connectivity index (χ1n) is 3.91. The summed E-state index contributed by atoms with van der Waals surface area (Å²) in [5.74, 6) is -0.140. The molecule has 0 unspecified atom stereocenters. The molecule has 0 spiro atoms. The summed E-state index contributed by atoms with van der Waals surface area (Å²) in [6.07, 6.45) is 1.78. The van der Waals surface area contributed by atoms with Crippen molar-refractivity contribution in [1.82, 2.24) is 0 Å². The molecule has 74 valence electrons. The number of hydrogen-bond donors (Lipinski definition) is 1. The Morgan fingerprint density at radius 2 is 2.36 bits per heavy atom. The quantitative estimate of drug-likeness (QED) is 0.674. The molecule has 0 radical (unpaired) electrons. The largest absolute Gasteiger partial charge is 0.478 e. The first kappa shape index (κ1) is 11.3. The summed E-state index contributed by atoms with van der Waals surface area (Å²) >= 11 is 4.75. The SMILES string of the molecule is C=CCSc1ccc(Br)c(C(=O)O)c1. The Hall–Kier alpha value is -0.740. The minimum Gasteiger partial charge on any atom is -0.478 e. The third-order valence-electron chi connectivity index (χ3n) is 1.54. The van der Waals surface area contributed by atoms with Crippen LogP contribution in [0.5, 0.6) is 0 Å². The van der Waals surface area contributed by atoms with Crippen molar-refractivity contribution in [2.24, 2.45) is 0 Å². The highest BCUT2D eigenvalue weighted by Crippen LogP contribution is 2.24. The molecule has 0 saturated carbocycles. The van der Waals surface area contributed by atoms with E-state index in [1.807, 2.05) is 6.07 Å². The van der Waals surface area contributed by atoms with Crippen molar-refractivity contribution < 1.29 is 9.90 Å². The molecule has 0 aliphatic heterocycles. The maximum atomic E-state index is 10.8. The van der Waals surface area contributed by atoms with E-state index < -0.39 is 5.97 Å². The molecular weight excluding hydrogens is 264 g/mol. The maximum absolute atomic E-state index is 10.8. The summed E-state index contributed by atoms with van der Waals surface area (Å²) in [4.78, 5) is 11.7. The average molecular weight is 273 g/mol. The van der Waals surface area contributed by atoms with Gasteiger partial charge in [0, 0.05) is 15.1 Å². The highest BCUT2D eigenvalue weighted by molar-refractivity contribution is 9.10. The number of aromatic carboxylic acids is 1. The molecule has 2 nitrogen and oxygen atoms in total. The van der Waals surface area contributed by atoms with Crippen LogP contribution < -0.4 is 0 Å². The molecule has 0 saturated heterocycles. The molecule has 1 aromatic carbocycles. The predicted octanol–water partition coefficient (Wildman–Crippen LogP) is 3.43. The molecule has 0 fully saturated rings. The number of carboxylic acid groups (broad SMARTS) is 1. The van der Waals surface area contributed by atoms with Gasteiger partial charge in [-0.3, -0.25) is 0 Å². The lowest BCUT2D eigenvalue weighted by Crippen LogP contribution is -1.97. The van der Waals surface area contributed by atoms with Gasteiger partial charge >= 0.3 is 5.97 Å². The second-order valence-corrected chi connectivity index (χ2v) is 4.49. The Balaban J connectivity index is 2.94. The molecule has 4 heteroatoms. The van der Waals surface area contributed by atoms with Crippen LogP contribution in [0.1, 0.15) is 10.4 Å². The lowest BCUT2D eigenvalue weighted by Gasteiger charge is -2.02. The van der Waals surface area contributed by atoms with Crippen LogP contribution in [0.2, 0.25) is 0 Å². The van der Waals surface area contributed by atoms with E-state index >= 15 is 0 Å². The Bertz CT molecular complexity index is 363. The lowest BCUT2D eigenvalue weighted by molar-refractivity contribution is 0.0695. The van der Waals surface area contributed by atoms with E-state index in [1.165, 1.54) is 0 Å². The minimum absolute atomic E-state index is 0.291. The Morgan fingerprint density at radius 1 is 1.64 bits per heavy atom. The van der Waals surface area contributed by atoms with Crippen LogP contribution in [-0.4, -0.2) is 16.8 Å². The summed E-state index contributed by atoms with van der Waals surface area (Å²) in [6.45, 7) is 3.60. The smallest absolute Gasteiger partial charge is 0.336 e. The third kappa shape index (κ3) is 2.89. The van der Waals surface area contributed by atoms with Crippen molar-refractivity contribution in [3.8, 4) is 0 Å². The maximum Gasteiger partial charge on any atom is 0.336 e. The van der Waals surface area contributed by atoms with Gasteiger partial charge in [0.05, 0.1) is 5.56 Å². The standard InChI is InChI=1S/C10H9BrO2S/c1-2-5-14-7-3-4-9(11)8(6-7)10(12)13/h2-4,6H,1,5H2,(H,12,13). The monoisotopic (exact) mass is 272 g/mol. The van der Waals surface area contributed by atoms with Crippen LogP contribution in [-0.2, 0) is 0 Å². The van der Waals surface area contributed by atoms with Crippen molar-refractivity contribution in [2.75, 3.05) is 5.75 Å². The van der Waals surface area contributed by atoms with Crippen LogP contribution >= 0.6 is 27.7 Å². The first-order chi connectivity index (χ1) is 6.65. The van der Waals surface area contributed by atoms with Gasteiger partial charge in [-0.1, -0.05) is 6.08 Å². The van der Waals surface area contributed by atoms with Crippen molar-refractivity contribution in [2.45, 2.75) is 4.90 Å². The van der Waals surface area contributed by atoms with Gasteiger partial charge in [-0.15, -0.1) is 18.3 Å². The van der Waals surface area contributed by atoms with Crippen molar-refractivity contribution in [3.63, 3.8) is 0 Å². The Morgan fingerprint density at radius 3 is 2.93 bits per heavy atom. The van der Waals surface area contributed by atoms with Gasteiger partial charge in [-0.2, -0.15) is 0 Å². The highest BCUT2D eigenvalue weighted by Gasteiger charge is 2.08. The van der Waals surface area contributed by atoms with Gasteiger partial charge in [0.25, 0.3) is 0 Å². The van der Waals surface area contributed by atoms with E-state index in [0.717, 1.165) is 10.6 Å². The zero-order valence-corrected chi connectivity index (χ0v) is 9.77. The molecule has 1 rings (SSSR count). The van der Waals surface area contributed by atoms with Crippen LogP contribution in [0.4, 0.5) is 0 Å². The summed E-state index contributed by atoms with van der Waals surface area (Å²) in [7, 11) is 0. The predicted molar refractivity (Wildman–Crippen MR) is 62.0 cm³/mol. The number of carboxylic acids is 1. The minimum atomic E-state index is -0.919. The van der Waals surface area contributed by atoms with Crippen molar-refractivity contribution in [3.05, 3.63) is 40.9 Å². The lowest BCUT2D eigenvalue weighted by atomic mass is 10.2. The number of carbonyl (C=O) groups is 1. The number of hydrogen-bond acceptors (Lipinski definition) is 2. The van der Waals surface area contributed by atoms with Gasteiger partial charge in [-0.25, -0.2) is 4.79 Å². The third-order valence-corrected chi connectivity index (χ3v) is 3.22. The number of benzene rings is 1. The fraction of sp³-hybridized carbons (Fsp3) is 0.100. The fourth-order valence-electron chi connectivity index (χ4n) is 0.913. The second kappa shape index (κ2) is 5.22. The summed E-state index contributed by atoms with van der Waals surface area (Å²) in [6, 6.07) is 5.28. The molecule has 0 aliphatic carbocycles. The molecule has 0 aromatic heterocycles. The number of thioether (sulfide) groups is 1. The van der Waals surface area contributed by atoms with Crippen LogP contribution in [0.3, 0.4) is 0 Å². The van der Waals surface area contributed by atoms with E-state index in [9.17, 15) is 4.79 Å². The second-order valence-electron chi connectivity index (χ2n) is 2.55. The van der Waals surface area contributed by atoms with Crippen LogP contribution in [0.15, 0.2) is 40.2 Å². The molecule has 0 atom stereocenters. The van der Waals surface area contributed by atoms with Crippen molar-refractivity contribution >= 4 is 33.7 Å². The zero-order chi connectivity index (χ0) is 10.6. The van der Waals surface area contributed by atoms with E-state index in [0.29, 0.717) is 10.0 Å². The zero-order valence-electron chi connectivity index (χ0n) is 7.37. The van der Waals surface area contributed by atoms with E-state index in [4.69, 9.17) is 5.11 Å². The van der Waals surface area contributed by atoms with Gasteiger partial charge in [0.1, 0.15) is 0 Å². The molecule has 0 aliphatic rings. The Kier molecular flexibility index (Phi) is 4.22. The molecular formula is C10H9BrO2S. The Labute approximate surface area is 95.1 Å². The number of rotatable bonds is 4. The van der Waals surface area contributed by atoms with Gasteiger partial charge in [-0.05, 0) is 34.1 Å². The molecule has 0 amide bonds. The summed E-state index contributed by atoms with van der Waals surface area (Å²) < 4.78 is 0.605. The van der Waals surface area contributed by atoms with E-state index in [-0.39, 0.29) is 0 Å². The fourth-order valence-corrected chi connectivity index (χ4v) is 2.01. The average Bonchev–Trinajstić information content (AvgIpc) is 2.16. The van der Waals surface area contributed by atoms with Crippen LogP contribution in [0, 0.1) is 0 Å². The molecule has 1 N–H and O–H groups in total. The highest BCUT2D eigenvalue weighted by atomic mass is 79.9. The molecule has 0 heterocycles. The summed E-state index contributed by atoms with van der Waals surface area (Å²) in [5, 5.41) is 8.86. The van der Waals surface area contributed by atoms with Crippen molar-refractivity contribution in [1.29, 1.82) is 0 Å². The molecule has 0 bridgehead atoms. The van der Waals surface area contributed by atoms with Crippen LogP contribution in [0.25, 0.3) is 0 Å². The number of halogens is 1. The van der Waals surface area contributed by atoms with Gasteiger partial charge in [0.2, 0.25) is 0 Å².